The van der Waals surface area contributed by atoms with E-state index >= 15 is 0 Å². The Morgan fingerprint density at radius 3 is 1.36 bits per heavy atom. The number of alkyl halides is 8. The summed E-state index contributed by atoms with van der Waals surface area (Å²) in [5.74, 6) is 2.22. The van der Waals surface area contributed by atoms with Crippen LogP contribution in [0.5, 0.6) is 46.0 Å². The molecule has 0 saturated carbocycles. The molecule has 10 aromatic carbocycles. The van der Waals surface area contributed by atoms with E-state index in [9.17, 15) is 44.1 Å². The molecule has 5 aliphatic rings. The van der Waals surface area contributed by atoms with Crippen molar-refractivity contribution in [2.75, 3.05) is 87.3 Å². The molecule has 3 fully saturated rings. The van der Waals surface area contributed by atoms with E-state index in [-0.39, 0.29) is 84.5 Å². The average molecular weight is 2560 g/mol. The van der Waals surface area contributed by atoms with E-state index in [4.69, 9.17) is 110 Å². The molecule has 139 heavy (non-hydrogen) atoms. The number of carboxylic acids is 2. The number of aromatic hydroxyl groups is 2. The number of halogens is 15. The van der Waals surface area contributed by atoms with Crippen molar-refractivity contribution in [2.24, 2.45) is 5.92 Å². The number of carbonyl (C=O) groups is 6. The first-order valence-electron chi connectivity index (χ1n) is 41.9. The average Bonchev–Trinajstić information content (AvgIpc) is 1.68. The van der Waals surface area contributed by atoms with Crippen LogP contribution in [0.25, 0.3) is 0 Å². The summed E-state index contributed by atoms with van der Waals surface area (Å²) in [6.45, 7) is 14.6. The van der Waals surface area contributed by atoms with Gasteiger partial charge in [-0.3, -0.25) is 19.2 Å². The molecule has 0 amide bonds. The summed E-state index contributed by atoms with van der Waals surface area (Å²) < 4.78 is 49.5. The van der Waals surface area contributed by atoms with Crippen molar-refractivity contribution >= 4 is 261 Å². The normalized spacial score (nSPS) is 13.9. The van der Waals surface area contributed by atoms with Gasteiger partial charge in [-0.15, -0.1) is 47.3 Å². The van der Waals surface area contributed by atoms with Crippen LogP contribution in [0.15, 0.2) is 224 Å². The minimum atomic E-state index is -1.67. The number of esters is 1. The maximum Gasteiger partial charge on any atom is 2.00 e. The molecule has 5 N–H and O–H groups in total. The van der Waals surface area contributed by atoms with Gasteiger partial charge < -0.3 is 92.1 Å². The SMILES string of the molecule is BrB(Br)Br.C1CCOC1.CC(C)(C)OC(=O)CBr.CN1CCC(C2(O)c3ccccc3COc3ccc(O)cc32)CC1.CN1CC[CH-]CC1.COc1ccc(OC)c(C(=O)c2ccccc2CBr)c1.COc1ccc(OC)cc1.Cc1ccccc1C(=O)O.ClC(Cl)(Cl)Cl.O=C(Cl)c1ccccc1CBr.O=C(O)c1ccccc1CBr.O=C1c2ccccc2COc2ccc(O)cc21.O=S(Cl)Cl.[Cl-].[Mg+2]. The van der Waals surface area contributed by atoms with Gasteiger partial charge in [0, 0.05) is 78.4 Å². The van der Waals surface area contributed by atoms with Crippen molar-refractivity contribution in [1.82, 2.24) is 9.80 Å². The second-order valence-electron chi connectivity index (χ2n) is 30.3. The quantitative estimate of drug-likeness (QED) is 0.0169. The fourth-order valence-corrected chi connectivity index (χ4v) is 14.8. The number of carbonyl (C=O) groups excluding carboxylic acids is 4. The van der Waals surface area contributed by atoms with Gasteiger partial charge in [-0.1, -0.05) is 238 Å². The molecular formula is C99H110BBr7Cl8MgN2O20S. The van der Waals surface area contributed by atoms with Crippen LogP contribution < -0.4 is 40.8 Å². The van der Waals surface area contributed by atoms with Crippen LogP contribution >= 0.6 is 190 Å². The number of methoxy groups -OCH3 is 4. The van der Waals surface area contributed by atoms with Gasteiger partial charge in [0.1, 0.15) is 75.7 Å². The van der Waals surface area contributed by atoms with Crippen molar-refractivity contribution < 1.29 is 109 Å². The van der Waals surface area contributed by atoms with Crippen LogP contribution in [0.4, 0.5) is 0 Å². The summed E-state index contributed by atoms with van der Waals surface area (Å²) in [5.41, 5.74) is 8.98. The number of likely N-dealkylation sites (tertiary alicyclic amines) is 2. The van der Waals surface area contributed by atoms with E-state index in [0.29, 0.717) is 96.7 Å². The third-order valence-electron chi connectivity index (χ3n) is 19.6. The number of hydrogen-bond donors (Lipinski definition) is 5. The van der Waals surface area contributed by atoms with E-state index in [1.54, 1.807) is 132 Å². The van der Waals surface area contributed by atoms with Crippen LogP contribution in [0, 0.1) is 19.3 Å². The molecule has 5 heterocycles. The number of rotatable bonds is 14. The van der Waals surface area contributed by atoms with Crippen molar-refractivity contribution in [3.63, 3.8) is 0 Å². The molecule has 0 aromatic heterocycles. The summed E-state index contributed by atoms with van der Waals surface area (Å²) >= 11 is 46.8. The van der Waals surface area contributed by atoms with Gasteiger partial charge in [0.15, 0.2) is 11.6 Å². The second-order valence-corrected chi connectivity index (χ2v) is 45.3. The molecule has 5 aliphatic heterocycles. The maximum atomic E-state index is 12.7. The van der Waals surface area contributed by atoms with Crippen LogP contribution in [-0.2, 0) is 58.3 Å². The molecule has 0 spiro atoms. The van der Waals surface area contributed by atoms with Crippen LogP contribution in [0.1, 0.15) is 167 Å². The minimum absolute atomic E-state index is 0. The maximum absolute atomic E-state index is 12.7. The summed E-state index contributed by atoms with van der Waals surface area (Å²) in [5, 5.41) is 50.4. The fraction of sp³-hybridized carbons (Fsp3) is 0.323. The van der Waals surface area contributed by atoms with Gasteiger partial charge in [0.05, 0.1) is 50.7 Å². The molecule has 0 bridgehead atoms. The van der Waals surface area contributed by atoms with Crippen molar-refractivity contribution in [3.8, 4) is 46.0 Å². The third-order valence-corrected chi connectivity index (χ3v) is 22.1. The van der Waals surface area contributed by atoms with Gasteiger partial charge in [0.2, 0.25) is 9.23 Å². The number of aryl methyl sites for hydroxylation is 1. The molecule has 0 radical (unpaired) electrons. The summed E-state index contributed by atoms with van der Waals surface area (Å²) in [6.07, 6.45) is 9.32. The smallest absolute Gasteiger partial charge is 1.00 e. The minimum Gasteiger partial charge on any atom is -1.00 e. The van der Waals surface area contributed by atoms with Gasteiger partial charge in [-0.05, 0) is 242 Å². The molecular weight excluding hydrogens is 2450 g/mol. The van der Waals surface area contributed by atoms with Crippen LogP contribution in [0.3, 0.4) is 0 Å². The van der Waals surface area contributed by atoms with E-state index < -0.39 is 35.3 Å². The Bertz CT molecular complexity index is 5280. The first-order chi connectivity index (χ1) is 64.9. The number of aliphatic hydroxyl groups is 1. The zero-order valence-corrected chi connectivity index (χ0v) is 97.2. The topological polar surface area (TPSA) is 301 Å². The molecule has 1 atom stereocenters. The Balaban J connectivity index is 0.000000778. The molecule has 10 aromatic rings. The zero-order chi connectivity index (χ0) is 102. The van der Waals surface area contributed by atoms with Crippen molar-refractivity contribution in [1.29, 1.82) is 0 Å². The molecule has 40 heteroatoms. The van der Waals surface area contributed by atoms with E-state index in [1.165, 1.54) is 50.9 Å². The number of ketones is 2. The van der Waals surface area contributed by atoms with Gasteiger partial charge in [-0.25, -0.2) is 13.8 Å². The summed E-state index contributed by atoms with van der Waals surface area (Å²) in [7, 11) is 18.1. The summed E-state index contributed by atoms with van der Waals surface area (Å²) in [6, 6.07) is 66.2. The second kappa shape index (κ2) is 71.9. The van der Waals surface area contributed by atoms with Crippen LogP contribution in [-0.4, -0.2) is 197 Å². The largest absolute Gasteiger partial charge is 2.00 e. The number of nitrogens with zero attached hydrogens (tertiary/aromatic N) is 2. The van der Waals surface area contributed by atoms with Crippen molar-refractivity contribution in [3.05, 3.63) is 314 Å². The first-order valence-corrected chi connectivity index (χ1v) is 53.8. The van der Waals surface area contributed by atoms with Crippen LogP contribution in [0.2, 0.25) is 0 Å². The first kappa shape index (κ1) is 132. The number of ether oxygens (including phenoxy) is 8. The standard InChI is InChI=1S/C20H23NO3.C16H15BrO3.C14H10O3.C8H6BrClO.C8H7BrO2.C8H10O2.C8H8O2.C6H11BrO2.C6H12N.C4H8O.CCl4.BBr3.Cl2OS.ClH.Mg/c1-21-10-8-15(9-11-21)20(23)17-5-3-2-4-14(17)13-24-19-7-6-16(22)12-18(19)20;1-19-12-7-8-15(20-2)14(9-12)16(18)13-6-4-3-5-11(13)10-17;15-10-5-6-13-12(7-10)14(16)11-4-2-1-3-9(11)8-17-13;2*9-5-6-3-1-2-4-7(6)8(10)11;1-9-7-3-5-8(10-2)6-4-7;1-6-4-2-3-5-7(6)8(9)10;1-6(2,3)9-5(8)4-7;1-7-5-3-2-4-6-7;1-2-4-5-3-1;2-1(3,4)5;2-1(3)4;1-4(2)3;;/h2-7,12,15,22-23H,8-11,13H2,1H3;3-9H,10H2,1-2H3;1-7,15H,8H2;1-4H,5H2;1-4H,5H2,(H,10,11);3-6H,1-2H3;2-5H,1H3,(H,9,10);4H2,1-3H3;2H,3-6H2,1H3;1-4H2;;;;1H;/q;;;;;;;;-1;;;;;;+2/p-1. The number of aromatic carboxylic acids is 2. The van der Waals surface area contributed by atoms with Gasteiger partial charge in [-0.2, -0.15) is 12.8 Å². The predicted octanol–water partition coefficient (Wildman–Crippen LogP) is 23.7. The number of piperidine rings is 2. The Kier molecular flexibility index (Phi) is 68.1. The number of fused-ring (bicyclic) bond motifs is 4. The van der Waals surface area contributed by atoms with E-state index in [0.717, 1.165) is 89.6 Å². The Hall–Kier alpha value is -5.48. The third kappa shape index (κ3) is 51.4. The number of carboxylic acid groups (broad SMARTS) is 2. The summed E-state index contributed by atoms with van der Waals surface area (Å²) in [4.78, 5) is 72.0. The number of hydrogen-bond acceptors (Lipinski definition) is 20. The van der Waals surface area contributed by atoms with E-state index in [1.807, 2.05) is 136 Å². The Morgan fingerprint density at radius 2 is 0.942 bits per heavy atom. The van der Waals surface area contributed by atoms with E-state index in [2.05, 4.69) is 163 Å². The Labute approximate surface area is 932 Å². The monoisotopic (exact) mass is 2550 g/mol. The molecule has 3 saturated heterocycles. The molecule has 22 nitrogen and oxygen atoms in total. The number of phenolic OH excluding ortho intramolecular Hbond substituents is 2. The van der Waals surface area contributed by atoms with Gasteiger partial charge >= 0.3 is 44.1 Å². The zero-order valence-electron chi connectivity index (χ0n) is 77.9. The van der Waals surface area contributed by atoms with Crippen molar-refractivity contribution in [2.45, 2.75) is 110 Å². The molecule has 1 unspecified atom stereocenters. The van der Waals surface area contributed by atoms with Gasteiger partial charge in [0.25, 0.3) is 8.49 Å². The predicted molar refractivity (Wildman–Crippen MR) is 584 cm³/mol. The molecule has 0 aliphatic carbocycles. The Morgan fingerprint density at radius 1 is 0.532 bits per heavy atom. The molecule has 15 rings (SSSR count). The number of phenols is 2. The molecule has 752 valence electrons. The fourth-order valence-electron chi connectivity index (χ4n) is 13.1. The number of benzene rings is 10.